The van der Waals surface area contributed by atoms with Gasteiger partial charge in [-0.2, -0.15) is 0 Å². The van der Waals surface area contributed by atoms with Gasteiger partial charge >= 0.3 is 5.97 Å². The molecule has 1 aromatic rings. The molecule has 17 heavy (non-hydrogen) atoms. The molecule has 0 heterocycles. The topological polar surface area (TPSA) is 46.5 Å². The van der Waals surface area contributed by atoms with Gasteiger partial charge in [-0.05, 0) is 49.3 Å². The minimum absolute atomic E-state index is 0.0556. The van der Waals surface area contributed by atoms with Crippen LogP contribution in [0.15, 0.2) is 24.3 Å². The number of carbonyl (C=O) groups is 1. The molecular formula is C14H18O3. The van der Waals surface area contributed by atoms with Crippen LogP contribution in [-0.2, 0) is 9.53 Å². The summed E-state index contributed by atoms with van der Waals surface area (Å²) >= 11 is 0. The van der Waals surface area contributed by atoms with Crippen molar-refractivity contribution in [2.24, 2.45) is 0 Å². The number of rotatable bonds is 2. The zero-order chi connectivity index (χ0) is 12.3. The molecule has 2 rings (SSSR count). The Labute approximate surface area is 101 Å². The van der Waals surface area contributed by atoms with Gasteiger partial charge in [0.2, 0.25) is 0 Å². The van der Waals surface area contributed by atoms with E-state index in [9.17, 15) is 9.90 Å². The van der Waals surface area contributed by atoms with Gasteiger partial charge in [-0.3, -0.25) is 4.79 Å². The van der Waals surface area contributed by atoms with Crippen LogP contribution in [0.5, 0.6) is 5.75 Å². The predicted molar refractivity (Wildman–Crippen MR) is 64.9 cm³/mol. The first-order valence-electron chi connectivity index (χ1n) is 6.11. The average molecular weight is 234 g/mol. The van der Waals surface area contributed by atoms with Crippen LogP contribution in [0.1, 0.15) is 44.1 Å². The molecule has 0 saturated heterocycles. The van der Waals surface area contributed by atoms with Crippen molar-refractivity contribution >= 4 is 5.97 Å². The number of ether oxygens (including phenoxy) is 1. The van der Waals surface area contributed by atoms with E-state index in [0.717, 1.165) is 25.7 Å². The summed E-state index contributed by atoms with van der Waals surface area (Å²) in [7, 11) is 0. The number of esters is 1. The van der Waals surface area contributed by atoms with E-state index in [2.05, 4.69) is 0 Å². The molecule has 1 aliphatic rings. The molecule has 1 fully saturated rings. The number of carbonyl (C=O) groups excluding carboxylic acids is 1. The Balaban J connectivity index is 2.01. The Kier molecular flexibility index (Phi) is 3.67. The Morgan fingerprint density at radius 3 is 2.65 bits per heavy atom. The van der Waals surface area contributed by atoms with Crippen molar-refractivity contribution in [2.45, 2.75) is 44.6 Å². The zero-order valence-corrected chi connectivity index (χ0v) is 10.1. The Bertz CT molecular complexity index is 383. The minimum Gasteiger partial charge on any atom is -0.508 e. The van der Waals surface area contributed by atoms with Crippen LogP contribution in [0, 0.1) is 0 Å². The van der Waals surface area contributed by atoms with Gasteiger partial charge in [0.15, 0.2) is 0 Å². The van der Waals surface area contributed by atoms with E-state index in [4.69, 9.17) is 4.74 Å². The number of hydrogen-bond acceptors (Lipinski definition) is 3. The second kappa shape index (κ2) is 5.21. The molecule has 0 spiro atoms. The maximum Gasteiger partial charge on any atom is 0.302 e. The first-order valence-corrected chi connectivity index (χ1v) is 6.11. The minimum atomic E-state index is -0.193. The van der Waals surface area contributed by atoms with Crippen molar-refractivity contribution in [1.82, 2.24) is 0 Å². The maximum absolute atomic E-state index is 10.9. The SMILES string of the molecule is CC(=O)OC1CCCC(c2ccc(O)cc2)C1. The lowest BCUT2D eigenvalue weighted by Crippen LogP contribution is -2.23. The van der Waals surface area contributed by atoms with E-state index in [-0.39, 0.29) is 12.1 Å². The smallest absolute Gasteiger partial charge is 0.302 e. The van der Waals surface area contributed by atoms with E-state index in [1.807, 2.05) is 12.1 Å². The van der Waals surface area contributed by atoms with Crippen LogP contribution in [0.3, 0.4) is 0 Å². The molecule has 3 nitrogen and oxygen atoms in total. The molecule has 1 aromatic carbocycles. The number of phenols is 1. The fraction of sp³-hybridized carbons (Fsp3) is 0.500. The predicted octanol–water partition coefficient (Wildman–Crippen LogP) is 2.98. The van der Waals surface area contributed by atoms with Gasteiger partial charge in [-0.1, -0.05) is 12.1 Å². The fourth-order valence-electron chi connectivity index (χ4n) is 2.54. The molecule has 0 amide bonds. The highest BCUT2D eigenvalue weighted by molar-refractivity contribution is 5.66. The molecule has 2 unspecified atom stereocenters. The van der Waals surface area contributed by atoms with Gasteiger partial charge in [0.1, 0.15) is 11.9 Å². The van der Waals surface area contributed by atoms with E-state index < -0.39 is 0 Å². The summed E-state index contributed by atoms with van der Waals surface area (Å²) in [6.45, 7) is 1.46. The van der Waals surface area contributed by atoms with Crippen molar-refractivity contribution in [1.29, 1.82) is 0 Å². The van der Waals surface area contributed by atoms with Crippen LogP contribution in [0.2, 0.25) is 0 Å². The Hall–Kier alpha value is -1.51. The zero-order valence-electron chi connectivity index (χ0n) is 10.1. The number of benzene rings is 1. The van der Waals surface area contributed by atoms with Gasteiger partial charge in [-0.15, -0.1) is 0 Å². The quantitative estimate of drug-likeness (QED) is 0.800. The standard InChI is InChI=1S/C14H18O3/c1-10(15)17-14-4-2-3-12(9-14)11-5-7-13(16)8-6-11/h5-8,12,14,16H,2-4,9H2,1H3. The molecule has 0 radical (unpaired) electrons. The largest absolute Gasteiger partial charge is 0.508 e. The average Bonchev–Trinajstić information content (AvgIpc) is 2.29. The molecule has 0 aromatic heterocycles. The van der Waals surface area contributed by atoms with Gasteiger partial charge < -0.3 is 9.84 Å². The summed E-state index contributed by atoms with van der Waals surface area (Å²) in [5, 5.41) is 9.26. The van der Waals surface area contributed by atoms with Crippen LogP contribution in [0.4, 0.5) is 0 Å². The molecule has 0 bridgehead atoms. The second-order valence-electron chi connectivity index (χ2n) is 4.69. The molecule has 92 valence electrons. The van der Waals surface area contributed by atoms with Crippen LogP contribution >= 0.6 is 0 Å². The lowest BCUT2D eigenvalue weighted by atomic mass is 9.82. The summed E-state index contributed by atoms with van der Waals surface area (Å²) in [5.74, 6) is 0.538. The summed E-state index contributed by atoms with van der Waals surface area (Å²) < 4.78 is 5.28. The molecule has 2 atom stereocenters. The van der Waals surface area contributed by atoms with E-state index in [0.29, 0.717) is 11.7 Å². The first kappa shape index (κ1) is 12.0. The lowest BCUT2D eigenvalue weighted by molar-refractivity contribution is -0.147. The summed E-state index contributed by atoms with van der Waals surface area (Å²) in [4.78, 5) is 10.9. The number of aromatic hydroxyl groups is 1. The number of hydrogen-bond donors (Lipinski definition) is 1. The lowest BCUT2D eigenvalue weighted by Gasteiger charge is -2.28. The third-order valence-corrected chi connectivity index (χ3v) is 3.32. The Morgan fingerprint density at radius 1 is 1.29 bits per heavy atom. The van der Waals surface area contributed by atoms with Crippen molar-refractivity contribution in [3.05, 3.63) is 29.8 Å². The summed E-state index contributed by atoms with van der Waals surface area (Å²) in [6, 6.07) is 7.34. The third-order valence-electron chi connectivity index (χ3n) is 3.32. The first-order chi connectivity index (χ1) is 8.15. The third kappa shape index (κ3) is 3.22. The Morgan fingerprint density at radius 2 is 2.00 bits per heavy atom. The van der Waals surface area contributed by atoms with Crippen molar-refractivity contribution in [3.63, 3.8) is 0 Å². The van der Waals surface area contributed by atoms with Gasteiger partial charge in [0.25, 0.3) is 0 Å². The second-order valence-corrected chi connectivity index (χ2v) is 4.69. The highest BCUT2D eigenvalue weighted by Crippen LogP contribution is 2.34. The molecule has 1 saturated carbocycles. The van der Waals surface area contributed by atoms with Gasteiger partial charge in [0, 0.05) is 6.92 Å². The summed E-state index contributed by atoms with van der Waals surface area (Å²) in [6.07, 6.45) is 4.13. The van der Waals surface area contributed by atoms with E-state index in [1.165, 1.54) is 12.5 Å². The van der Waals surface area contributed by atoms with E-state index in [1.54, 1.807) is 12.1 Å². The number of phenolic OH excluding ortho intramolecular Hbond substituents is 1. The molecule has 1 N–H and O–H groups in total. The highest BCUT2D eigenvalue weighted by Gasteiger charge is 2.24. The fourth-order valence-corrected chi connectivity index (χ4v) is 2.54. The van der Waals surface area contributed by atoms with Crippen molar-refractivity contribution in [2.75, 3.05) is 0 Å². The van der Waals surface area contributed by atoms with Crippen molar-refractivity contribution < 1.29 is 14.6 Å². The van der Waals surface area contributed by atoms with Crippen LogP contribution in [0.25, 0.3) is 0 Å². The normalized spacial score (nSPS) is 24.3. The molecule has 0 aliphatic heterocycles. The molecule has 3 heteroatoms. The van der Waals surface area contributed by atoms with Gasteiger partial charge in [0.05, 0.1) is 0 Å². The molecule has 1 aliphatic carbocycles. The summed E-state index contributed by atoms with van der Waals surface area (Å²) in [5.41, 5.74) is 1.22. The van der Waals surface area contributed by atoms with Crippen LogP contribution in [-0.4, -0.2) is 17.2 Å². The highest BCUT2D eigenvalue weighted by atomic mass is 16.5. The monoisotopic (exact) mass is 234 g/mol. The maximum atomic E-state index is 10.9. The van der Waals surface area contributed by atoms with E-state index >= 15 is 0 Å². The van der Waals surface area contributed by atoms with Gasteiger partial charge in [-0.25, -0.2) is 0 Å². The molecular weight excluding hydrogens is 216 g/mol. The van der Waals surface area contributed by atoms with Crippen molar-refractivity contribution in [3.8, 4) is 5.75 Å². The van der Waals surface area contributed by atoms with Crippen LogP contribution < -0.4 is 0 Å².